The first kappa shape index (κ1) is 16.5. The topological polar surface area (TPSA) is 84.6 Å². The van der Waals surface area contributed by atoms with Crippen molar-refractivity contribution >= 4 is 5.91 Å². The summed E-state index contributed by atoms with van der Waals surface area (Å²) in [5, 5.41) is 11.9. The highest BCUT2D eigenvalue weighted by molar-refractivity contribution is 5.79. The van der Waals surface area contributed by atoms with Gasteiger partial charge in [0.05, 0.1) is 12.6 Å². The van der Waals surface area contributed by atoms with E-state index in [0.29, 0.717) is 19.4 Å². The van der Waals surface area contributed by atoms with Crippen LogP contribution in [-0.2, 0) is 11.2 Å². The Kier molecular flexibility index (Phi) is 7.69. The van der Waals surface area contributed by atoms with Crippen molar-refractivity contribution in [2.24, 2.45) is 5.73 Å². The molecule has 0 radical (unpaired) electrons. The molecule has 0 aliphatic carbocycles. The van der Waals surface area contributed by atoms with Gasteiger partial charge in [-0.15, -0.1) is 0 Å². The summed E-state index contributed by atoms with van der Waals surface area (Å²) in [4.78, 5) is 11.2. The molecule has 1 rings (SSSR count). The molecule has 20 heavy (non-hydrogen) atoms. The summed E-state index contributed by atoms with van der Waals surface area (Å²) in [6, 6.07) is 7.23. The monoisotopic (exact) mass is 280 g/mol. The number of aliphatic hydroxyl groups is 1. The van der Waals surface area contributed by atoms with E-state index in [1.807, 2.05) is 31.2 Å². The molecule has 0 bridgehead atoms. The van der Waals surface area contributed by atoms with Crippen LogP contribution in [0.25, 0.3) is 0 Å². The highest BCUT2D eigenvalue weighted by Crippen LogP contribution is 2.13. The number of carbonyl (C=O) groups is 1. The molecule has 0 spiro atoms. The molecule has 0 saturated carbocycles. The largest absolute Gasteiger partial charge is 0.494 e. The fourth-order valence-corrected chi connectivity index (χ4v) is 1.84. The summed E-state index contributed by atoms with van der Waals surface area (Å²) in [6.45, 7) is 3.38. The maximum atomic E-state index is 11.2. The van der Waals surface area contributed by atoms with Gasteiger partial charge in [-0.1, -0.05) is 19.1 Å². The van der Waals surface area contributed by atoms with Crippen LogP contribution in [0, 0.1) is 0 Å². The predicted molar refractivity (Wildman–Crippen MR) is 78.6 cm³/mol. The Hall–Kier alpha value is -1.59. The van der Waals surface area contributed by atoms with E-state index in [1.165, 1.54) is 0 Å². The summed E-state index contributed by atoms with van der Waals surface area (Å²) in [5.41, 5.74) is 6.40. The van der Waals surface area contributed by atoms with Crippen LogP contribution >= 0.6 is 0 Å². The zero-order chi connectivity index (χ0) is 14.8. The number of nitrogens with two attached hydrogens (primary N) is 1. The van der Waals surface area contributed by atoms with Crippen molar-refractivity contribution in [1.82, 2.24) is 5.32 Å². The number of hydrogen-bond donors (Lipinski definition) is 3. The molecule has 4 N–H and O–H groups in total. The number of rotatable bonds is 10. The van der Waals surface area contributed by atoms with Crippen molar-refractivity contribution in [1.29, 1.82) is 0 Å². The third-order valence-electron chi connectivity index (χ3n) is 2.98. The zero-order valence-electron chi connectivity index (χ0n) is 12.0. The van der Waals surface area contributed by atoms with E-state index in [-0.39, 0.29) is 18.6 Å². The van der Waals surface area contributed by atoms with Crippen molar-refractivity contribution in [2.45, 2.75) is 32.2 Å². The minimum atomic E-state index is -0.347. The Morgan fingerprint density at radius 3 is 2.65 bits per heavy atom. The first-order chi connectivity index (χ1) is 9.67. The molecule has 0 aliphatic rings. The Balaban J connectivity index is 2.36. The van der Waals surface area contributed by atoms with Crippen molar-refractivity contribution in [2.75, 3.05) is 19.8 Å². The van der Waals surface area contributed by atoms with Gasteiger partial charge < -0.3 is 20.9 Å². The lowest BCUT2D eigenvalue weighted by Gasteiger charge is -2.15. The van der Waals surface area contributed by atoms with Crippen LogP contribution in [0.15, 0.2) is 24.3 Å². The highest BCUT2D eigenvalue weighted by Gasteiger charge is 2.13. The minimum absolute atomic E-state index is 0.142. The molecule has 5 nitrogen and oxygen atoms in total. The number of carbonyl (C=O) groups excluding carboxylic acids is 1. The number of benzene rings is 1. The smallest absolute Gasteiger partial charge is 0.234 e. The van der Waals surface area contributed by atoms with Gasteiger partial charge in [0.2, 0.25) is 5.91 Å². The summed E-state index contributed by atoms with van der Waals surface area (Å²) >= 11 is 0. The van der Waals surface area contributed by atoms with Gasteiger partial charge in [0.15, 0.2) is 0 Å². The number of primary amides is 1. The van der Waals surface area contributed by atoms with Gasteiger partial charge in [0.1, 0.15) is 5.75 Å². The van der Waals surface area contributed by atoms with Gasteiger partial charge in [-0.2, -0.15) is 0 Å². The third kappa shape index (κ3) is 6.04. The van der Waals surface area contributed by atoms with E-state index in [4.69, 9.17) is 15.6 Å². The van der Waals surface area contributed by atoms with Crippen molar-refractivity contribution in [3.05, 3.63) is 29.8 Å². The van der Waals surface area contributed by atoms with Crippen LogP contribution < -0.4 is 15.8 Å². The van der Waals surface area contributed by atoms with E-state index in [9.17, 15) is 4.79 Å². The Labute approximate surface area is 120 Å². The summed E-state index contributed by atoms with van der Waals surface area (Å²) in [5.74, 6) is 0.408. The number of ether oxygens (including phenoxy) is 1. The second-order valence-electron chi connectivity index (χ2n) is 4.66. The zero-order valence-corrected chi connectivity index (χ0v) is 12.0. The van der Waals surface area contributed by atoms with E-state index in [0.717, 1.165) is 24.3 Å². The average Bonchev–Trinajstić information content (AvgIpc) is 2.44. The molecule has 112 valence electrons. The Bertz CT molecular complexity index is 393. The SMILES string of the molecule is CCCNC(CCOc1ccc(CCO)cc1)C(N)=O. The molecule has 1 amide bonds. The molecule has 5 heteroatoms. The van der Waals surface area contributed by atoms with Crippen molar-refractivity contribution < 1.29 is 14.6 Å². The maximum absolute atomic E-state index is 11.2. The van der Waals surface area contributed by atoms with Crippen LogP contribution in [0.2, 0.25) is 0 Å². The predicted octanol–water partition coefficient (Wildman–Crippen LogP) is 0.844. The summed E-state index contributed by atoms with van der Waals surface area (Å²) < 4.78 is 5.59. The van der Waals surface area contributed by atoms with E-state index in [2.05, 4.69) is 5.32 Å². The van der Waals surface area contributed by atoms with Gasteiger partial charge in [-0.3, -0.25) is 4.79 Å². The second-order valence-corrected chi connectivity index (χ2v) is 4.66. The van der Waals surface area contributed by atoms with Crippen LogP contribution in [0.1, 0.15) is 25.3 Å². The molecule has 1 aromatic rings. The quantitative estimate of drug-likeness (QED) is 0.593. The minimum Gasteiger partial charge on any atom is -0.494 e. The molecule has 1 atom stereocenters. The van der Waals surface area contributed by atoms with Crippen molar-refractivity contribution in [3.8, 4) is 5.75 Å². The van der Waals surface area contributed by atoms with Crippen LogP contribution in [0.3, 0.4) is 0 Å². The Morgan fingerprint density at radius 2 is 2.10 bits per heavy atom. The summed E-state index contributed by atoms with van der Waals surface area (Å²) in [6.07, 6.45) is 2.15. The average molecular weight is 280 g/mol. The van der Waals surface area contributed by atoms with E-state index < -0.39 is 0 Å². The molecule has 0 aromatic heterocycles. The van der Waals surface area contributed by atoms with Crippen LogP contribution in [0.4, 0.5) is 0 Å². The lowest BCUT2D eigenvalue weighted by atomic mass is 10.1. The standard InChI is InChI=1S/C15H24N2O3/c1-2-9-17-14(15(16)19)8-11-20-13-5-3-12(4-6-13)7-10-18/h3-6,14,17-18H,2,7-11H2,1H3,(H2,16,19). The fourth-order valence-electron chi connectivity index (χ4n) is 1.84. The molecule has 0 heterocycles. The first-order valence-corrected chi connectivity index (χ1v) is 7.02. The Morgan fingerprint density at radius 1 is 1.40 bits per heavy atom. The van der Waals surface area contributed by atoms with E-state index >= 15 is 0 Å². The van der Waals surface area contributed by atoms with Crippen LogP contribution in [0.5, 0.6) is 5.75 Å². The molecular formula is C15H24N2O3. The van der Waals surface area contributed by atoms with Crippen LogP contribution in [-0.4, -0.2) is 36.8 Å². The van der Waals surface area contributed by atoms with Gasteiger partial charge in [-0.05, 0) is 37.1 Å². The molecule has 1 aromatic carbocycles. The molecule has 0 saturated heterocycles. The fraction of sp³-hybridized carbons (Fsp3) is 0.533. The van der Waals surface area contributed by atoms with Crippen molar-refractivity contribution in [3.63, 3.8) is 0 Å². The third-order valence-corrected chi connectivity index (χ3v) is 2.98. The number of amides is 1. The van der Waals surface area contributed by atoms with Gasteiger partial charge in [0, 0.05) is 13.0 Å². The number of aliphatic hydroxyl groups excluding tert-OH is 1. The van der Waals surface area contributed by atoms with Gasteiger partial charge in [0.25, 0.3) is 0 Å². The normalized spacial score (nSPS) is 12.1. The van der Waals surface area contributed by atoms with Gasteiger partial charge >= 0.3 is 0 Å². The summed E-state index contributed by atoms with van der Waals surface area (Å²) in [7, 11) is 0. The number of hydrogen-bond acceptors (Lipinski definition) is 4. The maximum Gasteiger partial charge on any atom is 0.234 e. The van der Waals surface area contributed by atoms with E-state index in [1.54, 1.807) is 0 Å². The lowest BCUT2D eigenvalue weighted by molar-refractivity contribution is -0.120. The highest BCUT2D eigenvalue weighted by atomic mass is 16.5. The molecular weight excluding hydrogens is 256 g/mol. The first-order valence-electron chi connectivity index (χ1n) is 7.02. The molecule has 1 unspecified atom stereocenters. The molecule has 0 aliphatic heterocycles. The van der Waals surface area contributed by atoms with Gasteiger partial charge in [-0.25, -0.2) is 0 Å². The molecule has 0 fully saturated rings. The number of nitrogens with one attached hydrogen (secondary N) is 1. The second kappa shape index (κ2) is 9.34. The lowest BCUT2D eigenvalue weighted by Crippen LogP contribution is -2.42.